The smallest absolute Gasteiger partial charge is 0.0398 e. The molecule has 0 heterocycles. The van der Waals surface area contributed by atoms with Gasteiger partial charge in [-0.3, -0.25) is 0 Å². The molecule has 0 saturated heterocycles. The highest BCUT2D eigenvalue weighted by atomic mass is 13.8. The number of hydrogen-bond donors (Lipinski definition) is 0. The summed E-state index contributed by atoms with van der Waals surface area (Å²) in [6.07, 6.45) is 9.61. The van der Waals surface area contributed by atoms with E-state index >= 15 is 0 Å². The summed E-state index contributed by atoms with van der Waals surface area (Å²) in [7, 11) is 0. The fourth-order valence-electron chi connectivity index (χ4n) is 1.77. The fraction of sp³-hybridized carbons (Fsp3) is 0.500. The Morgan fingerprint density at radius 3 is 0.917 bits per heavy atom. The molecule has 0 spiro atoms. The van der Waals surface area contributed by atoms with Crippen LogP contribution in [0.1, 0.15) is 78.2 Å². The molecule has 0 fully saturated rings. The highest BCUT2D eigenvalue weighted by Crippen LogP contribution is 1.95. The van der Waals surface area contributed by atoms with Gasteiger partial charge in [-0.05, 0) is 6.92 Å². The highest BCUT2D eigenvalue weighted by molar-refractivity contribution is 5.11. The molecular formula is C24H40. The number of aryl methyl sites for hydroxylation is 1. The molecule has 0 aromatic heterocycles. The van der Waals surface area contributed by atoms with Crippen LogP contribution in [0.15, 0.2) is 66.7 Å². The van der Waals surface area contributed by atoms with Crippen molar-refractivity contribution < 1.29 is 0 Å². The van der Waals surface area contributed by atoms with E-state index in [1.54, 1.807) is 0 Å². The minimum Gasteiger partial charge on any atom is -0.0654 e. The van der Waals surface area contributed by atoms with Gasteiger partial charge in [-0.15, -0.1) is 0 Å². The van der Waals surface area contributed by atoms with Crippen molar-refractivity contribution >= 4 is 0 Å². The van der Waals surface area contributed by atoms with Gasteiger partial charge in [0, 0.05) is 0 Å². The SMILES string of the molecule is CCCCC.CCCCCC.Cc1ccccc1.c1ccccc1. The summed E-state index contributed by atoms with van der Waals surface area (Å²) in [6.45, 7) is 11.0. The van der Waals surface area contributed by atoms with Gasteiger partial charge in [0.25, 0.3) is 0 Å². The summed E-state index contributed by atoms with van der Waals surface area (Å²) < 4.78 is 0. The molecule has 0 atom stereocenters. The van der Waals surface area contributed by atoms with E-state index < -0.39 is 0 Å². The molecule has 2 rings (SSSR count). The topological polar surface area (TPSA) is 0 Å². The van der Waals surface area contributed by atoms with Crippen LogP contribution in [0.3, 0.4) is 0 Å². The van der Waals surface area contributed by atoms with E-state index in [1.807, 2.05) is 54.6 Å². The molecular weight excluding hydrogens is 288 g/mol. The van der Waals surface area contributed by atoms with Gasteiger partial charge in [-0.2, -0.15) is 0 Å². The molecule has 0 bridgehead atoms. The first-order chi connectivity index (χ1) is 11.7. The van der Waals surface area contributed by atoms with Gasteiger partial charge in [0.05, 0.1) is 0 Å². The predicted molar refractivity (Wildman–Crippen MR) is 113 cm³/mol. The summed E-state index contributed by atoms with van der Waals surface area (Å²) >= 11 is 0. The van der Waals surface area contributed by atoms with Crippen LogP contribution in [0.2, 0.25) is 0 Å². The lowest BCUT2D eigenvalue weighted by Crippen LogP contribution is -1.66. The normalized spacial score (nSPS) is 8.54. The fourth-order valence-corrected chi connectivity index (χ4v) is 1.77. The van der Waals surface area contributed by atoms with Gasteiger partial charge in [0.2, 0.25) is 0 Å². The second kappa shape index (κ2) is 23.7. The van der Waals surface area contributed by atoms with Gasteiger partial charge in [-0.1, -0.05) is 145 Å². The largest absolute Gasteiger partial charge is 0.0654 e. The van der Waals surface area contributed by atoms with Crippen LogP contribution >= 0.6 is 0 Å². The summed E-state index contributed by atoms with van der Waals surface area (Å²) in [6, 6.07) is 22.3. The average Bonchev–Trinajstić information content (AvgIpc) is 2.64. The van der Waals surface area contributed by atoms with Crippen molar-refractivity contribution in [1.82, 2.24) is 0 Å². The van der Waals surface area contributed by atoms with Crippen LogP contribution in [0, 0.1) is 6.92 Å². The molecule has 2 aromatic rings. The third kappa shape index (κ3) is 25.4. The molecule has 0 heteroatoms. The van der Waals surface area contributed by atoms with Crippen LogP contribution in [-0.4, -0.2) is 0 Å². The van der Waals surface area contributed by atoms with E-state index in [-0.39, 0.29) is 0 Å². The minimum atomic E-state index is 1.32. The first-order valence-electron chi connectivity index (χ1n) is 9.74. The lowest BCUT2D eigenvalue weighted by molar-refractivity contribution is 0.702. The quantitative estimate of drug-likeness (QED) is 0.483. The molecule has 0 N–H and O–H groups in total. The van der Waals surface area contributed by atoms with E-state index in [0.717, 1.165) is 0 Å². The maximum absolute atomic E-state index is 2.23. The lowest BCUT2D eigenvalue weighted by Gasteiger charge is -1.86. The zero-order valence-corrected chi connectivity index (χ0v) is 16.8. The predicted octanol–water partition coefficient (Wildman–Crippen LogP) is 8.46. The summed E-state index contributed by atoms with van der Waals surface area (Å²) in [4.78, 5) is 0. The highest BCUT2D eigenvalue weighted by Gasteiger charge is 1.75. The van der Waals surface area contributed by atoms with Crippen molar-refractivity contribution in [2.45, 2.75) is 79.6 Å². The Labute approximate surface area is 152 Å². The van der Waals surface area contributed by atoms with E-state index in [0.29, 0.717) is 0 Å². The van der Waals surface area contributed by atoms with Crippen molar-refractivity contribution in [3.8, 4) is 0 Å². The van der Waals surface area contributed by atoms with E-state index in [2.05, 4.69) is 46.8 Å². The van der Waals surface area contributed by atoms with Crippen molar-refractivity contribution in [1.29, 1.82) is 0 Å². The third-order valence-corrected chi connectivity index (χ3v) is 3.27. The van der Waals surface area contributed by atoms with Crippen molar-refractivity contribution in [2.24, 2.45) is 0 Å². The Morgan fingerprint density at radius 1 is 0.458 bits per heavy atom. The Bertz CT molecular complexity index is 358. The van der Waals surface area contributed by atoms with E-state index in [9.17, 15) is 0 Å². The molecule has 2 aromatic carbocycles. The van der Waals surface area contributed by atoms with Gasteiger partial charge < -0.3 is 0 Å². The second-order valence-electron chi connectivity index (χ2n) is 5.87. The van der Waals surface area contributed by atoms with E-state index in [1.165, 1.54) is 50.5 Å². The summed E-state index contributed by atoms with van der Waals surface area (Å²) in [5, 5.41) is 0. The maximum atomic E-state index is 2.23. The Kier molecular flexibility index (Phi) is 24.4. The standard InChI is InChI=1S/C7H8.C6H6.C6H14.C5H12/c1-7-5-3-2-4-6-7;1-2-4-6-5-3-1;1-3-5-6-4-2;1-3-5-4-2/h2-6H,1H3;1-6H;3-6H2,1-2H3;3-5H2,1-2H3. The van der Waals surface area contributed by atoms with Crippen LogP contribution in [0.4, 0.5) is 0 Å². The van der Waals surface area contributed by atoms with Gasteiger partial charge >= 0.3 is 0 Å². The summed E-state index contributed by atoms with van der Waals surface area (Å²) in [5.41, 5.74) is 1.32. The Morgan fingerprint density at radius 2 is 0.750 bits per heavy atom. The molecule has 0 unspecified atom stereocenters. The van der Waals surface area contributed by atoms with Gasteiger partial charge in [0.1, 0.15) is 0 Å². The monoisotopic (exact) mass is 328 g/mol. The Balaban J connectivity index is 0. The van der Waals surface area contributed by atoms with Crippen molar-refractivity contribution in [3.05, 3.63) is 72.3 Å². The third-order valence-electron chi connectivity index (χ3n) is 3.27. The molecule has 0 radical (unpaired) electrons. The van der Waals surface area contributed by atoms with Crippen molar-refractivity contribution in [2.75, 3.05) is 0 Å². The van der Waals surface area contributed by atoms with Gasteiger partial charge in [0.15, 0.2) is 0 Å². The molecule has 0 aliphatic heterocycles. The van der Waals surface area contributed by atoms with Crippen molar-refractivity contribution in [3.63, 3.8) is 0 Å². The molecule has 24 heavy (non-hydrogen) atoms. The second-order valence-corrected chi connectivity index (χ2v) is 5.87. The summed E-state index contributed by atoms with van der Waals surface area (Å²) in [5.74, 6) is 0. The van der Waals surface area contributed by atoms with Crippen LogP contribution < -0.4 is 0 Å². The number of hydrogen-bond acceptors (Lipinski definition) is 0. The molecule has 0 saturated carbocycles. The van der Waals surface area contributed by atoms with Crippen LogP contribution in [0.25, 0.3) is 0 Å². The maximum Gasteiger partial charge on any atom is -0.0398 e. The van der Waals surface area contributed by atoms with E-state index in [4.69, 9.17) is 0 Å². The van der Waals surface area contributed by atoms with Crippen LogP contribution in [0.5, 0.6) is 0 Å². The first kappa shape index (κ1) is 24.7. The molecule has 0 nitrogen and oxygen atoms in total. The zero-order chi connectivity index (χ0) is 18.3. The average molecular weight is 329 g/mol. The number of rotatable bonds is 5. The van der Waals surface area contributed by atoms with Gasteiger partial charge in [-0.25, -0.2) is 0 Å². The zero-order valence-electron chi connectivity index (χ0n) is 16.8. The molecule has 0 aliphatic carbocycles. The molecule has 0 amide bonds. The Hall–Kier alpha value is -1.56. The van der Waals surface area contributed by atoms with Crippen LogP contribution in [-0.2, 0) is 0 Å². The molecule has 136 valence electrons. The first-order valence-corrected chi connectivity index (χ1v) is 9.74. The number of unbranched alkanes of at least 4 members (excludes halogenated alkanes) is 5. The molecule has 0 aliphatic rings. The lowest BCUT2D eigenvalue weighted by atomic mass is 10.2. The number of benzene rings is 2. The minimum absolute atomic E-state index is 1.32.